The molecule has 3 unspecified atom stereocenters. The summed E-state index contributed by atoms with van der Waals surface area (Å²) in [5.74, 6) is -0.633. The van der Waals surface area contributed by atoms with Gasteiger partial charge in [0, 0.05) is 25.7 Å². The van der Waals surface area contributed by atoms with Crippen molar-refractivity contribution < 1.29 is 80.2 Å². The summed E-state index contributed by atoms with van der Waals surface area (Å²) in [5.41, 5.74) is 0. The molecule has 0 amide bonds. The fourth-order valence-corrected chi connectivity index (χ4v) is 10.4. The van der Waals surface area contributed by atoms with E-state index < -0.39 is 97.5 Å². The molecule has 0 aromatic carbocycles. The number of hydrogen-bond donors (Lipinski definition) is 3. The van der Waals surface area contributed by atoms with E-state index in [0.717, 1.165) is 121 Å². The topological polar surface area (TPSA) is 237 Å². The largest absolute Gasteiger partial charge is 0.472 e. The smallest absolute Gasteiger partial charge is 0.462 e. The zero-order valence-electron chi connectivity index (χ0n) is 50.7. The summed E-state index contributed by atoms with van der Waals surface area (Å²) in [6.45, 7) is 9.37. The molecule has 79 heavy (non-hydrogen) atoms. The lowest BCUT2D eigenvalue weighted by Gasteiger charge is -2.21. The Hall–Kier alpha value is -1.94. The molecule has 0 bridgehead atoms. The lowest BCUT2D eigenvalue weighted by atomic mass is 9.99. The Labute approximate surface area is 479 Å². The van der Waals surface area contributed by atoms with Crippen molar-refractivity contribution in [3.8, 4) is 0 Å². The number of hydrogen-bond acceptors (Lipinski definition) is 15. The predicted octanol–water partition coefficient (Wildman–Crippen LogP) is 16.1. The lowest BCUT2D eigenvalue weighted by molar-refractivity contribution is -0.161. The van der Waals surface area contributed by atoms with Gasteiger partial charge in [0.05, 0.1) is 26.4 Å². The third-order valence-corrected chi connectivity index (χ3v) is 16.0. The van der Waals surface area contributed by atoms with Crippen LogP contribution in [0.5, 0.6) is 0 Å². The van der Waals surface area contributed by atoms with Gasteiger partial charge in [-0.15, -0.1) is 0 Å². The third kappa shape index (κ3) is 53.8. The fraction of sp³-hybridized carbons (Fsp3) is 0.933. The Balaban J connectivity index is 5.22. The van der Waals surface area contributed by atoms with E-state index in [1.165, 1.54) is 89.9 Å². The molecule has 0 aromatic rings. The lowest BCUT2D eigenvalue weighted by Crippen LogP contribution is -2.30. The number of ether oxygens (including phenoxy) is 4. The highest BCUT2D eigenvalue weighted by molar-refractivity contribution is 7.47. The minimum Gasteiger partial charge on any atom is -0.462 e. The number of carbonyl (C=O) groups excluding carboxylic acids is 4. The van der Waals surface area contributed by atoms with Crippen LogP contribution in [0.4, 0.5) is 0 Å². The van der Waals surface area contributed by atoms with Gasteiger partial charge in [-0.3, -0.25) is 37.3 Å². The Morgan fingerprint density at radius 2 is 0.646 bits per heavy atom. The summed E-state index contributed by atoms with van der Waals surface area (Å²) in [5, 5.41) is 10.5. The Kier molecular flexibility index (Phi) is 51.5. The van der Waals surface area contributed by atoms with Crippen LogP contribution in [-0.2, 0) is 65.4 Å². The van der Waals surface area contributed by atoms with Crippen molar-refractivity contribution in [2.24, 2.45) is 11.8 Å². The standard InChI is InChI=1S/C60H116O17P2/c1-7-10-12-14-16-25-32-38-44-59(64)76-55(48-70-57(62)42-36-30-22-15-13-11-8-2)50-74-78(66,67)72-46-54(61)47-73-79(68,69)75-51-56(77-60(65)45-39-33-27-19-17-18-23-28-34-40-52(4)5)49-71-58(63)43-37-31-26-21-20-24-29-35-41-53(6)9-3/h52-56,61H,7-51H2,1-6H3,(H,66,67)(H,68,69)/t53?,54-,55+,56+/m0/s1. The first-order valence-electron chi connectivity index (χ1n) is 31.5. The van der Waals surface area contributed by atoms with Crippen molar-refractivity contribution in [2.75, 3.05) is 39.6 Å². The summed E-state index contributed by atoms with van der Waals surface area (Å²) in [6.07, 6.45) is 33.6. The van der Waals surface area contributed by atoms with Crippen LogP contribution in [0.1, 0.15) is 292 Å². The van der Waals surface area contributed by atoms with Crippen LogP contribution in [0.3, 0.4) is 0 Å². The third-order valence-electron chi connectivity index (χ3n) is 14.1. The molecule has 468 valence electrons. The quantitative estimate of drug-likeness (QED) is 0.0222. The van der Waals surface area contributed by atoms with Crippen LogP contribution in [0.25, 0.3) is 0 Å². The molecular formula is C60H116O17P2. The summed E-state index contributed by atoms with van der Waals surface area (Å²) < 4.78 is 67.7. The molecule has 6 atom stereocenters. The Morgan fingerprint density at radius 3 is 0.962 bits per heavy atom. The molecule has 3 N–H and O–H groups in total. The first kappa shape index (κ1) is 77.1. The van der Waals surface area contributed by atoms with Crippen LogP contribution in [0.2, 0.25) is 0 Å². The second-order valence-corrected chi connectivity index (χ2v) is 25.4. The number of esters is 4. The number of phosphoric acid groups is 2. The van der Waals surface area contributed by atoms with Gasteiger partial charge >= 0.3 is 39.5 Å². The number of unbranched alkanes of at least 4 members (excludes halogenated alkanes) is 28. The van der Waals surface area contributed by atoms with Crippen LogP contribution < -0.4 is 0 Å². The van der Waals surface area contributed by atoms with E-state index in [1.807, 2.05) is 0 Å². The average Bonchev–Trinajstić information content (AvgIpc) is 3.41. The van der Waals surface area contributed by atoms with E-state index in [2.05, 4.69) is 41.5 Å². The molecule has 0 aliphatic carbocycles. The second-order valence-electron chi connectivity index (χ2n) is 22.5. The van der Waals surface area contributed by atoms with E-state index in [9.17, 15) is 43.2 Å². The summed E-state index contributed by atoms with van der Waals surface area (Å²) >= 11 is 0. The fourth-order valence-electron chi connectivity index (χ4n) is 8.79. The SMILES string of the molecule is CCCCCCCCCCC(=O)O[C@H](COC(=O)CCCCCCCCC)COP(=O)(O)OC[C@H](O)COP(=O)(O)OC[C@@H](COC(=O)CCCCCCCCCCC(C)CC)OC(=O)CCCCCCCCCCCC(C)C. The normalized spacial score (nSPS) is 14.8. The number of carbonyl (C=O) groups is 4. The molecule has 19 heteroatoms. The van der Waals surface area contributed by atoms with Crippen molar-refractivity contribution in [1.82, 2.24) is 0 Å². The van der Waals surface area contributed by atoms with Gasteiger partial charge in [-0.05, 0) is 37.5 Å². The molecule has 0 saturated carbocycles. The maximum atomic E-state index is 12.9. The summed E-state index contributed by atoms with van der Waals surface area (Å²) in [6, 6.07) is 0. The van der Waals surface area contributed by atoms with E-state index in [4.69, 9.17) is 37.0 Å². The molecule has 0 heterocycles. The Bertz CT molecular complexity index is 1570. The van der Waals surface area contributed by atoms with Crippen LogP contribution in [0.15, 0.2) is 0 Å². The highest BCUT2D eigenvalue weighted by Crippen LogP contribution is 2.45. The molecule has 0 saturated heterocycles. The van der Waals surface area contributed by atoms with E-state index in [1.54, 1.807) is 0 Å². The number of phosphoric ester groups is 2. The van der Waals surface area contributed by atoms with Crippen molar-refractivity contribution >= 4 is 39.5 Å². The zero-order chi connectivity index (χ0) is 58.7. The predicted molar refractivity (Wildman–Crippen MR) is 312 cm³/mol. The van der Waals surface area contributed by atoms with Gasteiger partial charge in [0.25, 0.3) is 0 Å². The van der Waals surface area contributed by atoms with Gasteiger partial charge in [0.2, 0.25) is 0 Å². The summed E-state index contributed by atoms with van der Waals surface area (Å²) in [7, 11) is -9.87. The highest BCUT2D eigenvalue weighted by atomic mass is 31.2. The average molecular weight is 1170 g/mol. The molecule has 0 aliphatic heterocycles. The monoisotopic (exact) mass is 1170 g/mol. The van der Waals surface area contributed by atoms with Gasteiger partial charge in [0.1, 0.15) is 19.3 Å². The van der Waals surface area contributed by atoms with Gasteiger partial charge in [-0.1, -0.05) is 241 Å². The number of aliphatic hydroxyl groups excluding tert-OH is 1. The van der Waals surface area contributed by atoms with Crippen LogP contribution >= 0.6 is 15.6 Å². The number of aliphatic hydroxyl groups is 1. The molecule has 0 spiro atoms. The maximum absolute atomic E-state index is 12.9. The molecule has 0 aliphatic rings. The minimum absolute atomic E-state index is 0.104. The van der Waals surface area contributed by atoms with Crippen molar-refractivity contribution in [3.05, 3.63) is 0 Å². The Morgan fingerprint density at radius 1 is 0.367 bits per heavy atom. The van der Waals surface area contributed by atoms with Crippen LogP contribution in [-0.4, -0.2) is 96.7 Å². The second kappa shape index (κ2) is 52.8. The van der Waals surface area contributed by atoms with Crippen molar-refractivity contribution in [2.45, 2.75) is 310 Å². The summed E-state index contributed by atoms with van der Waals surface area (Å²) in [4.78, 5) is 71.8. The van der Waals surface area contributed by atoms with Crippen LogP contribution in [0, 0.1) is 11.8 Å². The van der Waals surface area contributed by atoms with Crippen molar-refractivity contribution in [3.63, 3.8) is 0 Å². The van der Waals surface area contributed by atoms with Gasteiger partial charge in [-0.2, -0.15) is 0 Å². The van der Waals surface area contributed by atoms with Gasteiger partial charge in [-0.25, -0.2) is 9.13 Å². The molecule has 0 rings (SSSR count). The van der Waals surface area contributed by atoms with Gasteiger partial charge in [0.15, 0.2) is 12.2 Å². The zero-order valence-corrected chi connectivity index (χ0v) is 52.4. The van der Waals surface area contributed by atoms with E-state index in [0.29, 0.717) is 25.7 Å². The molecule has 0 fully saturated rings. The molecule has 0 aromatic heterocycles. The van der Waals surface area contributed by atoms with E-state index in [-0.39, 0.29) is 25.7 Å². The molecule has 17 nitrogen and oxygen atoms in total. The minimum atomic E-state index is -4.94. The first-order chi connectivity index (χ1) is 37.9. The van der Waals surface area contributed by atoms with Crippen molar-refractivity contribution in [1.29, 1.82) is 0 Å². The highest BCUT2D eigenvalue weighted by Gasteiger charge is 2.30. The van der Waals surface area contributed by atoms with E-state index >= 15 is 0 Å². The molecule has 0 radical (unpaired) electrons. The maximum Gasteiger partial charge on any atom is 0.472 e. The first-order valence-corrected chi connectivity index (χ1v) is 34.5. The van der Waals surface area contributed by atoms with Gasteiger partial charge < -0.3 is 33.8 Å². The molecular weight excluding hydrogens is 1050 g/mol. The number of rotatable bonds is 59.